The minimum Gasteiger partial charge on any atom is -0.511 e. The number of rotatable bonds is 6. The average molecular weight is 561 g/mol. The Bertz CT molecular complexity index is 1520. The van der Waals surface area contributed by atoms with Crippen LogP contribution in [0.5, 0.6) is 5.75 Å². The SMILES string of the molecule is CC(C)COC(=O)NCc1ccc(-c2ccc(O)c3c2CC2C[C@H]4CC(=O)C(C(N)=O)=C(O)C4C(=O)C2=C3O)cc1. The maximum absolute atomic E-state index is 13.6. The molecule has 0 saturated heterocycles. The fraction of sp³-hybridized carbons (Fsp3) is 0.355. The van der Waals surface area contributed by atoms with Crippen molar-refractivity contribution in [2.24, 2.45) is 29.4 Å². The Morgan fingerprint density at radius 1 is 1.05 bits per heavy atom. The number of aromatic hydroxyl groups is 1. The molecule has 0 aliphatic heterocycles. The van der Waals surface area contributed by atoms with Crippen molar-refractivity contribution in [2.45, 2.75) is 39.7 Å². The van der Waals surface area contributed by atoms with E-state index in [4.69, 9.17) is 10.5 Å². The van der Waals surface area contributed by atoms with E-state index in [0.717, 1.165) is 16.7 Å². The summed E-state index contributed by atoms with van der Waals surface area (Å²) in [5, 5.41) is 35.4. The quantitative estimate of drug-likeness (QED) is 0.331. The van der Waals surface area contributed by atoms with Crippen molar-refractivity contribution in [3.63, 3.8) is 0 Å². The zero-order valence-corrected chi connectivity index (χ0v) is 22.8. The van der Waals surface area contributed by atoms with Crippen LogP contribution in [0.25, 0.3) is 16.9 Å². The second-order valence-corrected chi connectivity index (χ2v) is 11.3. The molecule has 2 unspecified atom stereocenters. The number of aliphatic hydroxyl groups excluding tert-OH is 2. The van der Waals surface area contributed by atoms with Gasteiger partial charge in [0.25, 0.3) is 5.91 Å². The molecule has 10 heteroatoms. The minimum absolute atomic E-state index is 0.0710. The van der Waals surface area contributed by atoms with Crippen molar-refractivity contribution < 1.29 is 39.2 Å². The molecular formula is C31H32N2O8. The number of benzene rings is 2. The monoisotopic (exact) mass is 560 g/mol. The topological polar surface area (TPSA) is 176 Å². The molecule has 5 rings (SSSR count). The van der Waals surface area contributed by atoms with E-state index >= 15 is 0 Å². The highest BCUT2D eigenvalue weighted by Crippen LogP contribution is 2.51. The zero-order chi connectivity index (χ0) is 29.6. The van der Waals surface area contributed by atoms with Crippen LogP contribution in [-0.2, 0) is 32.1 Å². The molecule has 0 bridgehead atoms. The minimum atomic E-state index is -1.15. The second kappa shape index (κ2) is 10.8. The van der Waals surface area contributed by atoms with Gasteiger partial charge < -0.3 is 31.1 Å². The number of hydrogen-bond donors (Lipinski definition) is 5. The summed E-state index contributed by atoms with van der Waals surface area (Å²) in [4.78, 5) is 49.8. The number of phenols is 1. The predicted octanol–water partition coefficient (Wildman–Crippen LogP) is 3.86. The lowest BCUT2D eigenvalue weighted by atomic mass is 9.61. The molecule has 0 spiro atoms. The molecule has 0 radical (unpaired) electrons. The molecule has 1 fully saturated rings. The molecule has 3 aliphatic rings. The first-order valence-corrected chi connectivity index (χ1v) is 13.6. The third-order valence-corrected chi connectivity index (χ3v) is 8.02. The van der Waals surface area contributed by atoms with Crippen LogP contribution in [0.1, 0.15) is 43.4 Å². The van der Waals surface area contributed by atoms with Gasteiger partial charge in [-0.25, -0.2) is 4.79 Å². The molecule has 2 aromatic carbocycles. The number of carbonyl (C=O) groups excluding carboxylic acids is 4. The van der Waals surface area contributed by atoms with Gasteiger partial charge in [0.2, 0.25) is 0 Å². The maximum atomic E-state index is 13.6. The summed E-state index contributed by atoms with van der Waals surface area (Å²) in [7, 11) is 0. The highest BCUT2D eigenvalue weighted by Gasteiger charge is 2.51. The van der Waals surface area contributed by atoms with Crippen molar-refractivity contribution in [3.05, 3.63) is 70.0 Å². The lowest BCUT2D eigenvalue weighted by molar-refractivity contribution is -0.127. The molecule has 6 N–H and O–H groups in total. The molecule has 2 amide bonds. The van der Waals surface area contributed by atoms with Gasteiger partial charge in [-0.2, -0.15) is 0 Å². The van der Waals surface area contributed by atoms with Crippen LogP contribution >= 0.6 is 0 Å². The van der Waals surface area contributed by atoms with E-state index in [0.29, 0.717) is 25.0 Å². The smallest absolute Gasteiger partial charge is 0.407 e. The van der Waals surface area contributed by atoms with Crippen molar-refractivity contribution >= 4 is 29.3 Å². The number of hydrogen-bond acceptors (Lipinski definition) is 8. The number of carbonyl (C=O) groups is 4. The van der Waals surface area contributed by atoms with Gasteiger partial charge in [0.15, 0.2) is 11.6 Å². The Morgan fingerprint density at radius 2 is 1.76 bits per heavy atom. The summed E-state index contributed by atoms with van der Waals surface area (Å²) >= 11 is 0. The number of aliphatic hydroxyl groups is 2. The van der Waals surface area contributed by atoms with Crippen LogP contribution in [0.2, 0.25) is 0 Å². The van der Waals surface area contributed by atoms with Gasteiger partial charge in [-0.3, -0.25) is 14.4 Å². The zero-order valence-electron chi connectivity index (χ0n) is 22.8. The van der Waals surface area contributed by atoms with Gasteiger partial charge in [0.1, 0.15) is 22.8 Å². The number of ketones is 2. The number of ether oxygens (including phenoxy) is 1. The molecule has 214 valence electrons. The average Bonchev–Trinajstić information content (AvgIpc) is 2.90. The maximum Gasteiger partial charge on any atom is 0.407 e. The van der Waals surface area contributed by atoms with Crippen LogP contribution in [0.3, 0.4) is 0 Å². The molecule has 1 saturated carbocycles. The number of alkyl carbamates (subject to hydrolysis) is 1. The Morgan fingerprint density at radius 3 is 2.41 bits per heavy atom. The first-order valence-electron chi connectivity index (χ1n) is 13.6. The Balaban J connectivity index is 1.45. The summed E-state index contributed by atoms with van der Waals surface area (Å²) in [5.74, 6) is -5.39. The van der Waals surface area contributed by atoms with E-state index in [1.54, 1.807) is 6.07 Å². The second-order valence-electron chi connectivity index (χ2n) is 11.3. The summed E-state index contributed by atoms with van der Waals surface area (Å²) in [6.07, 6.45) is 0.0412. The normalized spacial score (nSPS) is 21.8. The summed E-state index contributed by atoms with van der Waals surface area (Å²) in [6.45, 7) is 4.51. The Kier molecular flexibility index (Phi) is 7.33. The third kappa shape index (κ3) is 5.05. The van der Waals surface area contributed by atoms with E-state index in [2.05, 4.69) is 5.32 Å². The number of amides is 2. The van der Waals surface area contributed by atoms with Crippen LogP contribution < -0.4 is 11.1 Å². The largest absolute Gasteiger partial charge is 0.511 e. The summed E-state index contributed by atoms with van der Waals surface area (Å²) in [6, 6.07) is 10.6. The molecule has 3 aliphatic carbocycles. The van der Waals surface area contributed by atoms with E-state index in [1.165, 1.54) is 6.07 Å². The molecular weight excluding hydrogens is 528 g/mol. The van der Waals surface area contributed by atoms with Crippen molar-refractivity contribution in [3.8, 4) is 16.9 Å². The van der Waals surface area contributed by atoms with Crippen LogP contribution in [0.15, 0.2) is 53.3 Å². The summed E-state index contributed by atoms with van der Waals surface area (Å²) < 4.78 is 5.13. The highest BCUT2D eigenvalue weighted by atomic mass is 16.5. The Labute approximate surface area is 236 Å². The molecule has 41 heavy (non-hydrogen) atoms. The first-order chi connectivity index (χ1) is 19.5. The van der Waals surface area contributed by atoms with Crippen molar-refractivity contribution in [1.82, 2.24) is 5.32 Å². The molecule has 10 nitrogen and oxygen atoms in total. The predicted molar refractivity (Wildman–Crippen MR) is 148 cm³/mol. The standard InChI is InChI=1S/C31H32N2O8/c1-14(2)13-41-31(40)33-12-15-3-5-16(6-4-15)19-7-8-21(34)25-20(19)10-17-9-18-11-22(35)26(30(32)39)29(38)24(18)27(36)23(17)28(25)37/h3-8,14,17-18,24,34,37-38H,9-13H2,1-2H3,(H2,32,39)(H,33,40)/t17?,18-,24?/m0/s1. The van der Waals surface area contributed by atoms with E-state index in [-0.39, 0.29) is 41.5 Å². The Hall–Kier alpha value is -4.60. The van der Waals surface area contributed by atoms with E-state index in [1.807, 2.05) is 38.1 Å². The fourth-order valence-electron chi connectivity index (χ4n) is 6.18. The van der Waals surface area contributed by atoms with E-state index in [9.17, 15) is 34.5 Å². The van der Waals surface area contributed by atoms with Crippen LogP contribution in [-0.4, -0.2) is 45.5 Å². The van der Waals surface area contributed by atoms with Gasteiger partial charge >= 0.3 is 6.09 Å². The number of primary amides is 1. The van der Waals surface area contributed by atoms with Gasteiger partial charge in [-0.1, -0.05) is 44.2 Å². The van der Waals surface area contributed by atoms with Crippen LogP contribution in [0, 0.1) is 23.7 Å². The van der Waals surface area contributed by atoms with Gasteiger partial charge in [-0.15, -0.1) is 0 Å². The number of nitrogens with two attached hydrogens (primary N) is 1. The number of phenolic OH excluding ortho intramolecular Hbond substituents is 1. The van der Waals surface area contributed by atoms with Crippen molar-refractivity contribution in [1.29, 1.82) is 0 Å². The van der Waals surface area contributed by atoms with E-state index < -0.39 is 52.7 Å². The number of fused-ring (bicyclic) bond motifs is 3. The van der Waals surface area contributed by atoms with Gasteiger partial charge in [0, 0.05) is 18.5 Å². The van der Waals surface area contributed by atoms with Gasteiger partial charge in [0.05, 0.1) is 18.1 Å². The van der Waals surface area contributed by atoms with Crippen LogP contribution in [0.4, 0.5) is 4.79 Å². The number of nitrogens with one attached hydrogen (secondary N) is 1. The molecule has 2 aromatic rings. The summed E-state index contributed by atoms with van der Waals surface area (Å²) in [5.41, 5.74) is 8.01. The molecule has 0 aromatic heterocycles. The van der Waals surface area contributed by atoms with Crippen molar-refractivity contribution in [2.75, 3.05) is 6.61 Å². The first kappa shape index (κ1) is 27.9. The lowest BCUT2D eigenvalue weighted by Crippen LogP contribution is -2.44. The number of allylic oxidation sites excluding steroid dienone is 2. The molecule has 0 heterocycles. The fourth-order valence-corrected chi connectivity index (χ4v) is 6.18. The third-order valence-electron chi connectivity index (χ3n) is 8.02. The highest BCUT2D eigenvalue weighted by molar-refractivity contribution is 6.21. The van der Waals surface area contributed by atoms with Gasteiger partial charge in [-0.05, 0) is 58.9 Å². The molecule has 3 atom stereocenters. The lowest BCUT2D eigenvalue weighted by Gasteiger charge is -2.41. The number of Topliss-reactive ketones (excluding diaryl/α,β-unsaturated/α-hetero) is 2.